The molecule has 20 heavy (non-hydrogen) atoms. The van der Waals surface area contributed by atoms with Crippen molar-refractivity contribution in [3.63, 3.8) is 0 Å². The molecule has 1 aliphatic carbocycles. The van der Waals surface area contributed by atoms with E-state index >= 15 is 0 Å². The first-order chi connectivity index (χ1) is 9.54. The van der Waals surface area contributed by atoms with Gasteiger partial charge in [-0.15, -0.1) is 0 Å². The van der Waals surface area contributed by atoms with Crippen molar-refractivity contribution < 1.29 is 9.47 Å². The molecule has 0 N–H and O–H groups in total. The van der Waals surface area contributed by atoms with Crippen LogP contribution in [0.2, 0.25) is 0 Å². The summed E-state index contributed by atoms with van der Waals surface area (Å²) in [5, 5.41) is 0. The molecule has 2 aliphatic rings. The largest absolute Gasteiger partial charge is 0.347 e. The lowest BCUT2D eigenvalue weighted by Crippen LogP contribution is -2.53. The van der Waals surface area contributed by atoms with Gasteiger partial charge in [-0.1, -0.05) is 68.1 Å². The van der Waals surface area contributed by atoms with Gasteiger partial charge in [0, 0.05) is 12.8 Å². The van der Waals surface area contributed by atoms with E-state index in [0.29, 0.717) is 6.61 Å². The van der Waals surface area contributed by atoms with E-state index in [9.17, 15) is 0 Å². The van der Waals surface area contributed by atoms with E-state index < -0.39 is 10.1 Å². The molecule has 1 unspecified atom stereocenters. The summed E-state index contributed by atoms with van der Waals surface area (Å²) in [7, 11) is 0. The molecule has 2 nitrogen and oxygen atoms in total. The van der Waals surface area contributed by atoms with Gasteiger partial charge in [0.05, 0.1) is 12.7 Å². The van der Waals surface area contributed by atoms with Crippen molar-refractivity contribution >= 4 is 23.2 Å². The maximum absolute atomic E-state index is 6.22. The van der Waals surface area contributed by atoms with Gasteiger partial charge < -0.3 is 9.47 Å². The number of rotatable bonds is 0. The van der Waals surface area contributed by atoms with E-state index in [-0.39, 0.29) is 6.10 Å². The molecular weight excluding hydrogens is 295 g/mol. The summed E-state index contributed by atoms with van der Waals surface area (Å²) in [6, 6.07) is 0. The summed E-state index contributed by atoms with van der Waals surface area (Å²) in [5.41, 5.74) is 0. The molecular formula is C16H28Cl2O2. The van der Waals surface area contributed by atoms with Crippen LogP contribution in [0.3, 0.4) is 0 Å². The smallest absolute Gasteiger partial charge is 0.168 e. The van der Waals surface area contributed by atoms with Crippen LogP contribution in [-0.4, -0.2) is 22.8 Å². The first-order valence-electron chi connectivity index (χ1n) is 8.24. The molecule has 0 amide bonds. The van der Waals surface area contributed by atoms with Gasteiger partial charge in [-0.25, -0.2) is 0 Å². The minimum Gasteiger partial charge on any atom is -0.347 e. The van der Waals surface area contributed by atoms with E-state index in [0.717, 1.165) is 12.8 Å². The lowest BCUT2D eigenvalue weighted by Gasteiger charge is -2.45. The first-order valence-corrected chi connectivity index (χ1v) is 8.99. The Hall–Kier alpha value is 0.500. The number of halogens is 2. The predicted molar refractivity (Wildman–Crippen MR) is 84.5 cm³/mol. The van der Waals surface area contributed by atoms with Crippen LogP contribution in [0.5, 0.6) is 0 Å². The minimum atomic E-state index is -0.908. The SMILES string of the molecule is CC1OC2(CCCCCCCCCCC2)OCC1(Cl)Cl. The van der Waals surface area contributed by atoms with Crippen LogP contribution in [0.1, 0.15) is 77.6 Å². The standard InChI is InChI=1S/C16H28Cl2O2/c1-14-16(17,18)13-19-15(20-14)11-9-7-5-3-2-4-6-8-10-12-15/h14H,2-13H2,1H3. The van der Waals surface area contributed by atoms with Crippen LogP contribution in [0.4, 0.5) is 0 Å². The topological polar surface area (TPSA) is 18.5 Å². The monoisotopic (exact) mass is 322 g/mol. The molecule has 4 heteroatoms. The molecule has 1 saturated heterocycles. The zero-order valence-corrected chi connectivity index (χ0v) is 14.1. The van der Waals surface area contributed by atoms with Crippen LogP contribution >= 0.6 is 23.2 Å². The van der Waals surface area contributed by atoms with Gasteiger partial charge in [-0.05, 0) is 19.8 Å². The van der Waals surface area contributed by atoms with Crippen LogP contribution in [0, 0.1) is 0 Å². The van der Waals surface area contributed by atoms with Crippen molar-refractivity contribution in [1.82, 2.24) is 0 Å². The average Bonchev–Trinajstić information content (AvgIpc) is 2.39. The van der Waals surface area contributed by atoms with E-state index in [2.05, 4.69) is 0 Å². The summed E-state index contributed by atoms with van der Waals surface area (Å²) < 4.78 is 11.3. The third-order valence-corrected chi connectivity index (χ3v) is 5.46. The van der Waals surface area contributed by atoms with Crippen molar-refractivity contribution in [3.8, 4) is 0 Å². The lowest BCUT2D eigenvalue weighted by molar-refractivity contribution is -0.300. The number of ether oxygens (including phenoxy) is 2. The first kappa shape index (κ1) is 16.9. The van der Waals surface area contributed by atoms with Gasteiger partial charge in [-0.3, -0.25) is 0 Å². The van der Waals surface area contributed by atoms with E-state index in [1.165, 1.54) is 57.8 Å². The van der Waals surface area contributed by atoms with Crippen molar-refractivity contribution in [3.05, 3.63) is 0 Å². The Morgan fingerprint density at radius 3 is 1.70 bits per heavy atom. The highest BCUT2D eigenvalue weighted by Crippen LogP contribution is 2.41. The third-order valence-electron chi connectivity index (χ3n) is 4.63. The molecule has 2 fully saturated rings. The molecule has 1 aliphatic heterocycles. The highest BCUT2D eigenvalue weighted by molar-refractivity contribution is 6.49. The quantitative estimate of drug-likeness (QED) is 0.541. The lowest BCUT2D eigenvalue weighted by atomic mass is 9.96. The molecule has 0 bridgehead atoms. The Balaban J connectivity index is 1.94. The van der Waals surface area contributed by atoms with E-state index in [1.807, 2.05) is 6.92 Å². The van der Waals surface area contributed by atoms with Gasteiger partial charge >= 0.3 is 0 Å². The molecule has 2 rings (SSSR count). The fourth-order valence-electron chi connectivity index (χ4n) is 3.20. The molecule has 1 saturated carbocycles. The molecule has 0 aromatic carbocycles. The minimum absolute atomic E-state index is 0.174. The van der Waals surface area contributed by atoms with Crippen LogP contribution in [0.25, 0.3) is 0 Å². The average molecular weight is 323 g/mol. The van der Waals surface area contributed by atoms with Crippen LogP contribution in [0.15, 0.2) is 0 Å². The fourth-order valence-corrected chi connectivity index (χ4v) is 3.40. The molecule has 1 spiro atoms. The molecule has 0 radical (unpaired) electrons. The van der Waals surface area contributed by atoms with Crippen molar-refractivity contribution in [2.45, 2.75) is 93.8 Å². The second kappa shape index (κ2) is 7.67. The maximum Gasteiger partial charge on any atom is 0.168 e. The summed E-state index contributed by atoms with van der Waals surface area (Å²) in [5.74, 6) is -0.439. The second-order valence-electron chi connectivity index (χ2n) is 6.40. The normalized spacial score (nSPS) is 32.2. The highest BCUT2D eigenvalue weighted by atomic mass is 35.5. The van der Waals surface area contributed by atoms with Gasteiger partial charge in [0.25, 0.3) is 0 Å². The van der Waals surface area contributed by atoms with Crippen LogP contribution < -0.4 is 0 Å². The Morgan fingerprint density at radius 1 is 0.800 bits per heavy atom. The van der Waals surface area contributed by atoms with Crippen molar-refractivity contribution in [2.24, 2.45) is 0 Å². The molecule has 0 aromatic heterocycles. The molecule has 1 atom stereocenters. The summed E-state index contributed by atoms with van der Waals surface area (Å²) >= 11 is 12.4. The molecule has 1 heterocycles. The van der Waals surface area contributed by atoms with Gasteiger partial charge in [0.1, 0.15) is 0 Å². The number of hydrogen-bond acceptors (Lipinski definition) is 2. The van der Waals surface area contributed by atoms with Gasteiger partial charge in [0.15, 0.2) is 10.1 Å². The third kappa shape index (κ3) is 4.76. The Morgan fingerprint density at radius 2 is 1.25 bits per heavy atom. The zero-order valence-electron chi connectivity index (χ0n) is 12.6. The van der Waals surface area contributed by atoms with Crippen molar-refractivity contribution in [2.75, 3.05) is 6.61 Å². The summed E-state index contributed by atoms with van der Waals surface area (Å²) in [4.78, 5) is 0. The van der Waals surface area contributed by atoms with E-state index in [4.69, 9.17) is 32.7 Å². The van der Waals surface area contributed by atoms with Crippen molar-refractivity contribution in [1.29, 1.82) is 0 Å². The molecule has 118 valence electrons. The maximum atomic E-state index is 6.22. The van der Waals surface area contributed by atoms with Gasteiger partial charge in [-0.2, -0.15) is 0 Å². The number of alkyl halides is 2. The summed E-state index contributed by atoms with van der Waals surface area (Å²) in [6.45, 7) is 2.33. The van der Waals surface area contributed by atoms with Crippen LogP contribution in [-0.2, 0) is 9.47 Å². The Labute approximate surface area is 133 Å². The predicted octanol–water partition coefficient (Wildman–Crippen LogP) is 5.60. The zero-order chi connectivity index (χ0) is 14.5. The second-order valence-corrected chi connectivity index (χ2v) is 7.94. The van der Waals surface area contributed by atoms with E-state index in [1.54, 1.807) is 0 Å². The number of hydrogen-bond donors (Lipinski definition) is 0. The highest BCUT2D eigenvalue weighted by Gasteiger charge is 2.47. The fraction of sp³-hybridized carbons (Fsp3) is 1.00. The van der Waals surface area contributed by atoms with Gasteiger partial charge in [0.2, 0.25) is 0 Å². The Bertz CT molecular complexity index is 282. The Kier molecular flexibility index (Phi) is 6.47. The molecule has 0 aromatic rings. The summed E-state index contributed by atoms with van der Waals surface area (Å²) in [6.07, 6.45) is 13.5.